The summed E-state index contributed by atoms with van der Waals surface area (Å²) < 4.78 is 5.28. The van der Waals surface area contributed by atoms with Crippen LogP contribution in [0.15, 0.2) is 41.1 Å². The van der Waals surface area contributed by atoms with Crippen molar-refractivity contribution < 1.29 is 14.3 Å². The zero-order valence-electron chi connectivity index (χ0n) is 10.5. The minimum Gasteiger partial charge on any atom is -0.481 e. The van der Waals surface area contributed by atoms with E-state index in [9.17, 15) is 4.79 Å². The highest BCUT2D eigenvalue weighted by Crippen LogP contribution is 2.45. The summed E-state index contributed by atoms with van der Waals surface area (Å²) in [6.45, 7) is 0. The Morgan fingerprint density at radius 2 is 2.32 bits per heavy atom. The lowest BCUT2D eigenvalue weighted by Gasteiger charge is -2.15. The smallest absolute Gasteiger partial charge is 0.303 e. The lowest BCUT2D eigenvalue weighted by molar-refractivity contribution is -0.137. The number of aromatic nitrogens is 1. The van der Waals surface area contributed by atoms with Gasteiger partial charge < -0.3 is 9.52 Å². The van der Waals surface area contributed by atoms with Gasteiger partial charge in [0.15, 0.2) is 0 Å². The first-order valence-electron chi connectivity index (χ1n) is 6.45. The van der Waals surface area contributed by atoms with Crippen LogP contribution in [0.1, 0.15) is 30.7 Å². The molecule has 0 radical (unpaired) electrons. The minimum atomic E-state index is -0.738. The van der Waals surface area contributed by atoms with Crippen LogP contribution in [-0.2, 0) is 4.79 Å². The standard InChI is InChI=1S/C15H15NO3/c17-14(18)9-13(10-4-5-10)11-2-1-3-12(8-11)15-16-6-7-19-15/h1-3,6-8,10,13H,4-5,9H2,(H,17,18). The van der Waals surface area contributed by atoms with Gasteiger partial charge >= 0.3 is 5.97 Å². The van der Waals surface area contributed by atoms with Crippen molar-refractivity contribution >= 4 is 5.97 Å². The van der Waals surface area contributed by atoms with Crippen LogP contribution in [0.25, 0.3) is 11.5 Å². The van der Waals surface area contributed by atoms with Crippen LogP contribution in [0.5, 0.6) is 0 Å². The molecule has 1 aliphatic rings. The van der Waals surface area contributed by atoms with Crippen molar-refractivity contribution in [2.45, 2.75) is 25.2 Å². The van der Waals surface area contributed by atoms with Crippen molar-refractivity contribution in [1.29, 1.82) is 0 Å². The topological polar surface area (TPSA) is 63.3 Å². The van der Waals surface area contributed by atoms with Crippen LogP contribution in [0.2, 0.25) is 0 Å². The van der Waals surface area contributed by atoms with Gasteiger partial charge in [-0.05, 0) is 42.4 Å². The third kappa shape index (κ3) is 2.67. The Kier molecular flexibility index (Phi) is 3.07. The van der Waals surface area contributed by atoms with E-state index >= 15 is 0 Å². The number of carbonyl (C=O) groups is 1. The van der Waals surface area contributed by atoms with Crippen molar-refractivity contribution in [2.24, 2.45) is 5.92 Å². The van der Waals surface area contributed by atoms with Crippen molar-refractivity contribution in [3.05, 3.63) is 42.3 Å². The molecule has 1 aliphatic carbocycles. The normalized spacial score (nSPS) is 16.2. The minimum absolute atomic E-state index is 0.104. The summed E-state index contributed by atoms with van der Waals surface area (Å²) in [4.78, 5) is 15.1. The van der Waals surface area contributed by atoms with Crippen LogP contribution in [0, 0.1) is 5.92 Å². The Labute approximate surface area is 111 Å². The number of hydrogen-bond acceptors (Lipinski definition) is 3. The summed E-state index contributed by atoms with van der Waals surface area (Å²) in [6.07, 6.45) is 5.59. The Morgan fingerprint density at radius 3 is 2.95 bits per heavy atom. The molecule has 98 valence electrons. The largest absolute Gasteiger partial charge is 0.481 e. The molecule has 19 heavy (non-hydrogen) atoms. The highest BCUT2D eigenvalue weighted by molar-refractivity contribution is 5.68. The van der Waals surface area contributed by atoms with E-state index in [2.05, 4.69) is 4.98 Å². The van der Waals surface area contributed by atoms with E-state index in [1.807, 2.05) is 24.3 Å². The van der Waals surface area contributed by atoms with E-state index in [1.54, 1.807) is 6.20 Å². The van der Waals surface area contributed by atoms with Gasteiger partial charge in [-0.25, -0.2) is 4.98 Å². The summed E-state index contributed by atoms with van der Waals surface area (Å²) in [5.41, 5.74) is 1.97. The number of rotatable bonds is 5. The number of oxazole rings is 1. The van der Waals surface area contributed by atoms with Crippen LogP contribution in [-0.4, -0.2) is 16.1 Å². The van der Waals surface area contributed by atoms with E-state index in [0.717, 1.165) is 24.0 Å². The average Bonchev–Trinajstić information content (AvgIpc) is 3.09. The van der Waals surface area contributed by atoms with Crippen LogP contribution >= 0.6 is 0 Å². The molecule has 0 bridgehead atoms. The lowest BCUT2D eigenvalue weighted by atomic mass is 9.90. The molecule has 1 aromatic heterocycles. The highest BCUT2D eigenvalue weighted by atomic mass is 16.4. The van der Waals surface area contributed by atoms with Gasteiger partial charge in [-0.15, -0.1) is 0 Å². The Balaban J connectivity index is 1.90. The molecule has 0 saturated heterocycles. The highest BCUT2D eigenvalue weighted by Gasteiger charge is 2.33. The third-order valence-corrected chi connectivity index (χ3v) is 3.58. The Bertz CT molecular complexity index is 573. The number of aliphatic carboxylic acids is 1. The summed E-state index contributed by atoms with van der Waals surface area (Å²) in [5, 5.41) is 9.04. The number of hydrogen-bond donors (Lipinski definition) is 1. The first kappa shape index (κ1) is 12.0. The molecule has 1 saturated carbocycles. The van der Waals surface area contributed by atoms with E-state index in [4.69, 9.17) is 9.52 Å². The molecule has 0 amide bonds. The molecule has 1 fully saturated rings. The number of carboxylic acids is 1. The summed E-state index contributed by atoms with van der Waals surface area (Å²) in [6, 6.07) is 7.86. The maximum absolute atomic E-state index is 11.0. The van der Waals surface area contributed by atoms with Gasteiger partial charge in [-0.1, -0.05) is 12.1 Å². The van der Waals surface area contributed by atoms with E-state index < -0.39 is 5.97 Å². The monoisotopic (exact) mass is 257 g/mol. The molecule has 2 aromatic rings. The molecule has 1 unspecified atom stereocenters. The Hall–Kier alpha value is -2.10. The third-order valence-electron chi connectivity index (χ3n) is 3.58. The van der Waals surface area contributed by atoms with Gasteiger partial charge in [0.25, 0.3) is 0 Å². The molecule has 0 spiro atoms. The zero-order valence-corrected chi connectivity index (χ0v) is 10.5. The van der Waals surface area contributed by atoms with Crippen molar-refractivity contribution in [1.82, 2.24) is 4.98 Å². The first-order valence-corrected chi connectivity index (χ1v) is 6.45. The summed E-state index contributed by atoms with van der Waals surface area (Å²) >= 11 is 0. The molecule has 1 N–H and O–H groups in total. The zero-order chi connectivity index (χ0) is 13.2. The SMILES string of the molecule is O=C(O)CC(c1cccc(-c2ncco2)c1)C1CC1. The van der Waals surface area contributed by atoms with Gasteiger partial charge in [-0.3, -0.25) is 4.79 Å². The predicted octanol–water partition coefficient (Wildman–Crippen LogP) is 3.31. The fourth-order valence-corrected chi connectivity index (χ4v) is 2.51. The number of carboxylic acid groups (broad SMARTS) is 1. The maximum atomic E-state index is 11.0. The van der Waals surface area contributed by atoms with Crippen molar-refractivity contribution in [3.8, 4) is 11.5 Å². The average molecular weight is 257 g/mol. The van der Waals surface area contributed by atoms with Gasteiger partial charge in [-0.2, -0.15) is 0 Å². The van der Waals surface area contributed by atoms with Crippen LogP contribution < -0.4 is 0 Å². The predicted molar refractivity (Wildman–Crippen MR) is 69.7 cm³/mol. The fourth-order valence-electron chi connectivity index (χ4n) is 2.51. The fraction of sp³-hybridized carbons (Fsp3) is 0.333. The molecule has 1 aromatic carbocycles. The second-order valence-electron chi connectivity index (χ2n) is 5.00. The molecule has 4 nitrogen and oxygen atoms in total. The van der Waals surface area contributed by atoms with Gasteiger partial charge in [0.2, 0.25) is 5.89 Å². The summed E-state index contributed by atoms with van der Waals surface area (Å²) in [5.74, 6) is 0.452. The van der Waals surface area contributed by atoms with Crippen LogP contribution in [0.3, 0.4) is 0 Å². The van der Waals surface area contributed by atoms with Crippen molar-refractivity contribution in [3.63, 3.8) is 0 Å². The molecular weight excluding hydrogens is 242 g/mol. The molecule has 1 atom stereocenters. The quantitative estimate of drug-likeness (QED) is 0.892. The summed E-state index contributed by atoms with van der Waals surface area (Å²) in [7, 11) is 0. The molecular formula is C15H15NO3. The lowest BCUT2D eigenvalue weighted by Crippen LogP contribution is -2.08. The van der Waals surface area contributed by atoms with Crippen molar-refractivity contribution in [2.75, 3.05) is 0 Å². The maximum Gasteiger partial charge on any atom is 0.303 e. The second kappa shape index (κ2) is 4.88. The Morgan fingerprint density at radius 1 is 1.47 bits per heavy atom. The van der Waals surface area contributed by atoms with E-state index in [0.29, 0.717) is 11.8 Å². The second-order valence-corrected chi connectivity index (χ2v) is 5.00. The van der Waals surface area contributed by atoms with E-state index in [-0.39, 0.29) is 12.3 Å². The molecule has 3 rings (SSSR count). The van der Waals surface area contributed by atoms with Gasteiger partial charge in [0.1, 0.15) is 6.26 Å². The number of benzene rings is 1. The molecule has 4 heteroatoms. The van der Waals surface area contributed by atoms with Gasteiger partial charge in [0.05, 0.1) is 12.6 Å². The first-order chi connectivity index (χ1) is 9.24. The van der Waals surface area contributed by atoms with Crippen LogP contribution in [0.4, 0.5) is 0 Å². The molecule has 0 aliphatic heterocycles. The number of nitrogens with zero attached hydrogens (tertiary/aromatic N) is 1. The van der Waals surface area contributed by atoms with E-state index in [1.165, 1.54) is 6.26 Å². The molecule has 1 heterocycles. The van der Waals surface area contributed by atoms with Gasteiger partial charge in [0, 0.05) is 5.56 Å².